The van der Waals surface area contributed by atoms with Gasteiger partial charge in [-0.1, -0.05) is 31.2 Å². The molecule has 1 aliphatic rings. The molecule has 1 saturated carbocycles. The van der Waals surface area contributed by atoms with Gasteiger partial charge < -0.3 is 0 Å². The van der Waals surface area contributed by atoms with Gasteiger partial charge >= 0.3 is 0 Å². The summed E-state index contributed by atoms with van der Waals surface area (Å²) >= 11 is 0. The Morgan fingerprint density at radius 1 is 1.12 bits per heavy atom. The van der Waals surface area contributed by atoms with Crippen LogP contribution in [-0.2, 0) is 22.4 Å². The third kappa shape index (κ3) is 3.52. The fourth-order valence-electron chi connectivity index (χ4n) is 1.93. The first kappa shape index (κ1) is 12.0. The molecule has 1 aromatic carbocycles. The summed E-state index contributed by atoms with van der Waals surface area (Å²) < 4.78 is 0. The SMILES string of the molecule is CCc1ccc(CC(=O)CC(=O)C2CC2)cc1. The predicted molar refractivity (Wildman–Crippen MR) is 66.9 cm³/mol. The maximum Gasteiger partial charge on any atom is 0.144 e. The fraction of sp³-hybridized carbons (Fsp3) is 0.467. The van der Waals surface area contributed by atoms with E-state index in [0.717, 1.165) is 24.8 Å². The van der Waals surface area contributed by atoms with Crippen LogP contribution in [-0.4, -0.2) is 11.6 Å². The van der Waals surface area contributed by atoms with E-state index in [4.69, 9.17) is 0 Å². The lowest BCUT2D eigenvalue weighted by Gasteiger charge is -2.02. The Bertz CT molecular complexity index is 413. The van der Waals surface area contributed by atoms with Gasteiger partial charge in [-0.3, -0.25) is 9.59 Å². The predicted octanol–water partition coefficient (Wildman–Crippen LogP) is 2.73. The average Bonchev–Trinajstić information content (AvgIpc) is 3.13. The van der Waals surface area contributed by atoms with Gasteiger partial charge in [-0.25, -0.2) is 0 Å². The van der Waals surface area contributed by atoms with Crippen molar-refractivity contribution in [2.24, 2.45) is 5.92 Å². The second kappa shape index (κ2) is 5.26. The van der Waals surface area contributed by atoms with Crippen molar-refractivity contribution in [3.63, 3.8) is 0 Å². The first-order chi connectivity index (χ1) is 8.19. The molecule has 90 valence electrons. The molecule has 0 aliphatic heterocycles. The molecule has 0 aromatic heterocycles. The summed E-state index contributed by atoms with van der Waals surface area (Å²) in [6.07, 6.45) is 3.49. The van der Waals surface area contributed by atoms with Gasteiger partial charge in [-0.2, -0.15) is 0 Å². The topological polar surface area (TPSA) is 34.1 Å². The standard InChI is InChI=1S/C15H18O2/c1-2-11-3-5-12(6-4-11)9-14(16)10-15(17)13-7-8-13/h3-6,13H,2,7-10H2,1H3. The van der Waals surface area contributed by atoms with E-state index in [0.29, 0.717) is 6.42 Å². The molecule has 0 heterocycles. The summed E-state index contributed by atoms with van der Waals surface area (Å²) in [5.74, 6) is 0.382. The number of hydrogen-bond acceptors (Lipinski definition) is 2. The zero-order chi connectivity index (χ0) is 12.3. The molecule has 17 heavy (non-hydrogen) atoms. The third-order valence-corrected chi connectivity index (χ3v) is 3.24. The zero-order valence-electron chi connectivity index (χ0n) is 10.2. The largest absolute Gasteiger partial charge is 0.299 e. The number of hydrogen-bond donors (Lipinski definition) is 0. The second-order valence-electron chi connectivity index (χ2n) is 4.80. The van der Waals surface area contributed by atoms with Crippen LogP contribution in [0.25, 0.3) is 0 Å². The molecule has 1 fully saturated rings. The van der Waals surface area contributed by atoms with Crippen molar-refractivity contribution in [2.45, 2.75) is 39.0 Å². The first-order valence-corrected chi connectivity index (χ1v) is 6.31. The van der Waals surface area contributed by atoms with Crippen molar-refractivity contribution >= 4 is 11.6 Å². The molecule has 0 spiro atoms. The number of Topliss-reactive ketones (excluding diaryl/α,β-unsaturated/α-hetero) is 2. The molecule has 0 amide bonds. The van der Waals surface area contributed by atoms with Crippen LogP contribution in [0, 0.1) is 5.92 Å². The van der Waals surface area contributed by atoms with E-state index in [-0.39, 0.29) is 23.9 Å². The summed E-state index contributed by atoms with van der Waals surface area (Å²) in [5.41, 5.74) is 2.28. The summed E-state index contributed by atoms with van der Waals surface area (Å²) in [4.78, 5) is 23.2. The first-order valence-electron chi connectivity index (χ1n) is 6.31. The Morgan fingerprint density at radius 3 is 2.24 bits per heavy atom. The lowest BCUT2D eigenvalue weighted by atomic mass is 10.0. The van der Waals surface area contributed by atoms with E-state index < -0.39 is 0 Å². The molecule has 0 saturated heterocycles. The van der Waals surface area contributed by atoms with Crippen molar-refractivity contribution in [3.8, 4) is 0 Å². The summed E-state index contributed by atoms with van der Waals surface area (Å²) in [5, 5.41) is 0. The minimum Gasteiger partial charge on any atom is -0.299 e. The van der Waals surface area contributed by atoms with Gasteiger partial charge in [0, 0.05) is 12.3 Å². The van der Waals surface area contributed by atoms with Gasteiger partial charge in [0.05, 0.1) is 6.42 Å². The van der Waals surface area contributed by atoms with Gasteiger partial charge in [0.2, 0.25) is 0 Å². The van der Waals surface area contributed by atoms with Crippen molar-refractivity contribution in [1.29, 1.82) is 0 Å². The zero-order valence-corrected chi connectivity index (χ0v) is 10.2. The van der Waals surface area contributed by atoms with Gasteiger partial charge in [0.15, 0.2) is 0 Å². The van der Waals surface area contributed by atoms with E-state index in [2.05, 4.69) is 6.92 Å². The highest BCUT2D eigenvalue weighted by atomic mass is 16.1. The van der Waals surface area contributed by atoms with Gasteiger partial charge in [0.1, 0.15) is 11.6 Å². The molecule has 0 atom stereocenters. The Labute approximate surface area is 102 Å². The van der Waals surface area contributed by atoms with Crippen molar-refractivity contribution in [1.82, 2.24) is 0 Å². The molecule has 1 aliphatic carbocycles. The van der Waals surface area contributed by atoms with Crippen molar-refractivity contribution < 1.29 is 9.59 Å². The van der Waals surface area contributed by atoms with Crippen LogP contribution in [0.3, 0.4) is 0 Å². The van der Waals surface area contributed by atoms with Crippen molar-refractivity contribution in [2.75, 3.05) is 0 Å². The molecule has 0 radical (unpaired) electrons. The number of benzene rings is 1. The highest BCUT2D eigenvalue weighted by Gasteiger charge is 2.30. The highest BCUT2D eigenvalue weighted by Crippen LogP contribution is 2.30. The smallest absolute Gasteiger partial charge is 0.144 e. The second-order valence-corrected chi connectivity index (χ2v) is 4.80. The molecule has 1 aromatic rings. The van der Waals surface area contributed by atoms with Gasteiger partial charge in [-0.05, 0) is 30.4 Å². The fourth-order valence-corrected chi connectivity index (χ4v) is 1.93. The number of ketones is 2. The maximum atomic E-state index is 11.7. The highest BCUT2D eigenvalue weighted by molar-refractivity contribution is 6.01. The summed E-state index contributed by atoms with van der Waals surface area (Å²) in [7, 11) is 0. The minimum absolute atomic E-state index is 0.0474. The lowest BCUT2D eigenvalue weighted by molar-refractivity contribution is -0.127. The molecule has 0 bridgehead atoms. The van der Waals surface area contributed by atoms with E-state index >= 15 is 0 Å². The molecule has 2 rings (SSSR count). The minimum atomic E-state index is 0.0474. The molecule has 0 unspecified atom stereocenters. The van der Waals surface area contributed by atoms with E-state index in [1.807, 2.05) is 24.3 Å². The molecular weight excluding hydrogens is 212 g/mol. The Balaban J connectivity index is 1.86. The van der Waals surface area contributed by atoms with Crippen LogP contribution in [0.2, 0.25) is 0 Å². The van der Waals surface area contributed by atoms with Crippen LogP contribution in [0.4, 0.5) is 0 Å². The van der Waals surface area contributed by atoms with Gasteiger partial charge in [0.25, 0.3) is 0 Å². The molecule has 0 N–H and O–H groups in total. The number of carbonyl (C=O) groups excluding carboxylic acids is 2. The van der Waals surface area contributed by atoms with Crippen molar-refractivity contribution in [3.05, 3.63) is 35.4 Å². The lowest BCUT2D eigenvalue weighted by Crippen LogP contribution is -2.11. The number of carbonyl (C=O) groups is 2. The van der Waals surface area contributed by atoms with Crippen LogP contribution < -0.4 is 0 Å². The average molecular weight is 230 g/mol. The Morgan fingerprint density at radius 2 is 1.71 bits per heavy atom. The molecular formula is C15H18O2. The van der Waals surface area contributed by atoms with E-state index in [1.54, 1.807) is 0 Å². The molecule has 2 heteroatoms. The van der Waals surface area contributed by atoms with Crippen LogP contribution in [0.1, 0.15) is 37.3 Å². The van der Waals surface area contributed by atoms with Gasteiger partial charge in [-0.15, -0.1) is 0 Å². The van der Waals surface area contributed by atoms with Crippen LogP contribution in [0.5, 0.6) is 0 Å². The Kier molecular flexibility index (Phi) is 3.72. The maximum absolute atomic E-state index is 11.7. The summed E-state index contributed by atoms with van der Waals surface area (Å²) in [6.45, 7) is 2.11. The van der Waals surface area contributed by atoms with Crippen LogP contribution in [0.15, 0.2) is 24.3 Å². The summed E-state index contributed by atoms with van der Waals surface area (Å²) in [6, 6.07) is 8.06. The normalized spacial score (nSPS) is 14.6. The third-order valence-electron chi connectivity index (χ3n) is 3.24. The van der Waals surface area contributed by atoms with E-state index in [9.17, 15) is 9.59 Å². The quantitative estimate of drug-likeness (QED) is 0.704. The molecule has 2 nitrogen and oxygen atoms in total. The number of aryl methyl sites for hydroxylation is 1. The van der Waals surface area contributed by atoms with E-state index in [1.165, 1.54) is 5.56 Å². The monoisotopic (exact) mass is 230 g/mol. The van der Waals surface area contributed by atoms with Crippen LogP contribution >= 0.6 is 0 Å². The Hall–Kier alpha value is -1.44. The number of rotatable bonds is 6.